The zero-order chi connectivity index (χ0) is 11.2. The lowest BCUT2D eigenvalue weighted by molar-refractivity contribution is 0.254. The lowest BCUT2D eigenvalue weighted by atomic mass is 10.2. The van der Waals surface area contributed by atoms with Gasteiger partial charge in [0.2, 0.25) is 0 Å². The number of nitrogens with zero attached hydrogens (tertiary/aromatic N) is 2. The minimum absolute atomic E-state index is 1.17. The molecule has 0 atom stereocenters. The first kappa shape index (κ1) is 11.5. The average Bonchev–Trinajstić information content (AvgIpc) is 2.38. The van der Waals surface area contributed by atoms with Crippen LogP contribution in [0.4, 0.5) is 5.69 Å². The van der Waals surface area contributed by atoms with Crippen LogP contribution in [-0.4, -0.2) is 37.6 Å². The van der Waals surface area contributed by atoms with Crippen molar-refractivity contribution in [3.63, 3.8) is 0 Å². The number of piperazine rings is 1. The molecule has 1 aromatic rings. The van der Waals surface area contributed by atoms with E-state index in [1.54, 1.807) is 0 Å². The fourth-order valence-electron chi connectivity index (χ4n) is 2.25. The molecule has 1 heterocycles. The van der Waals surface area contributed by atoms with Crippen molar-refractivity contribution in [3.8, 4) is 0 Å². The standard InChI is InChI=1S/C14H22N2/c1-2-3-9-15-10-12-16(13-11-15)14-7-5-4-6-8-14/h4-8H,2-3,9-13H2,1H3. The topological polar surface area (TPSA) is 6.48 Å². The van der Waals surface area contributed by atoms with Gasteiger partial charge >= 0.3 is 0 Å². The molecule has 1 fully saturated rings. The summed E-state index contributed by atoms with van der Waals surface area (Å²) in [5.74, 6) is 0. The van der Waals surface area contributed by atoms with Crippen LogP contribution in [0, 0.1) is 0 Å². The van der Waals surface area contributed by atoms with Gasteiger partial charge < -0.3 is 4.90 Å². The average molecular weight is 218 g/mol. The van der Waals surface area contributed by atoms with Crippen molar-refractivity contribution in [3.05, 3.63) is 30.3 Å². The Bertz CT molecular complexity index is 289. The second-order valence-electron chi connectivity index (χ2n) is 4.52. The van der Waals surface area contributed by atoms with E-state index in [1.165, 1.54) is 51.3 Å². The predicted molar refractivity (Wildman–Crippen MR) is 70.0 cm³/mol. The van der Waals surface area contributed by atoms with Crippen LogP contribution in [0.3, 0.4) is 0 Å². The molecule has 88 valence electrons. The first-order valence-corrected chi connectivity index (χ1v) is 6.42. The van der Waals surface area contributed by atoms with Gasteiger partial charge in [-0.25, -0.2) is 0 Å². The van der Waals surface area contributed by atoms with Crippen LogP contribution in [0.1, 0.15) is 19.8 Å². The highest BCUT2D eigenvalue weighted by atomic mass is 15.3. The molecular formula is C14H22N2. The van der Waals surface area contributed by atoms with Gasteiger partial charge in [0.05, 0.1) is 0 Å². The molecule has 0 saturated carbocycles. The molecule has 1 saturated heterocycles. The molecule has 2 nitrogen and oxygen atoms in total. The van der Waals surface area contributed by atoms with E-state index in [9.17, 15) is 0 Å². The van der Waals surface area contributed by atoms with Crippen molar-refractivity contribution in [2.24, 2.45) is 0 Å². The molecular weight excluding hydrogens is 196 g/mol. The Kier molecular flexibility index (Phi) is 4.23. The minimum atomic E-state index is 1.17. The van der Waals surface area contributed by atoms with E-state index in [1.807, 2.05) is 0 Å². The van der Waals surface area contributed by atoms with Crippen molar-refractivity contribution in [2.45, 2.75) is 19.8 Å². The summed E-state index contributed by atoms with van der Waals surface area (Å²) in [7, 11) is 0. The van der Waals surface area contributed by atoms with Crippen LogP contribution in [0.5, 0.6) is 0 Å². The van der Waals surface area contributed by atoms with E-state index in [2.05, 4.69) is 47.1 Å². The zero-order valence-corrected chi connectivity index (χ0v) is 10.2. The highest BCUT2D eigenvalue weighted by Gasteiger charge is 2.15. The maximum Gasteiger partial charge on any atom is 0.0367 e. The van der Waals surface area contributed by atoms with Crippen LogP contribution < -0.4 is 4.90 Å². The summed E-state index contributed by atoms with van der Waals surface area (Å²) in [5.41, 5.74) is 1.37. The maximum atomic E-state index is 2.59. The number of rotatable bonds is 4. The van der Waals surface area contributed by atoms with Gasteiger partial charge in [0.15, 0.2) is 0 Å². The number of benzene rings is 1. The smallest absolute Gasteiger partial charge is 0.0367 e. The van der Waals surface area contributed by atoms with Crippen molar-refractivity contribution < 1.29 is 0 Å². The summed E-state index contributed by atoms with van der Waals surface area (Å²) >= 11 is 0. The summed E-state index contributed by atoms with van der Waals surface area (Å²) in [6.45, 7) is 8.32. The number of unbranched alkanes of at least 4 members (excludes halogenated alkanes) is 1. The Hall–Kier alpha value is -1.02. The van der Waals surface area contributed by atoms with Gasteiger partial charge in [-0.2, -0.15) is 0 Å². The maximum absolute atomic E-state index is 2.59. The normalized spacial score (nSPS) is 17.7. The Morgan fingerprint density at radius 1 is 1.00 bits per heavy atom. The molecule has 1 aromatic carbocycles. The van der Waals surface area contributed by atoms with Gasteiger partial charge in [-0.05, 0) is 25.1 Å². The first-order valence-electron chi connectivity index (χ1n) is 6.42. The summed E-state index contributed by atoms with van der Waals surface area (Å²) in [6, 6.07) is 10.8. The second kappa shape index (κ2) is 5.90. The fraction of sp³-hybridized carbons (Fsp3) is 0.571. The van der Waals surface area contributed by atoms with Gasteiger partial charge in [0, 0.05) is 31.9 Å². The van der Waals surface area contributed by atoms with Gasteiger partial charge in [0.1, 0.15) is 0 Å². The molecule has 0 spiro atoms. The van der Waals surface area contributed by atoms with Gasteiger partial charge in [-0.3, -0.25) is 4.90 Å². The van der Waals surface area contributed by atoms with Gasteiger partial charge in [0.25, 0.3) is 0 Å². The van der Waals surface area contributed by atoms with Crippen molar-refractivity contribution >= 4 is 5.69 Å². The molecule has 16 heavy (non-hydrogen) atoms. The van der Waals surface area contributed by atoms with E-state index in [4.69, 9.17) is 0 Å². The van der Waals surface area contributed by atoms with Gasteiger partial charge in [-0.1, -0.05) is 31.5 Å². The Morgan fingerprint density at radius 2 is 1.69 bits per heavy atom. The van der Waals surface area contributed by atoms with E-state index in [-0.39, 0.29) is 0 Å². The number of hydrogen-bond donors (Lipinski definition) is 0. The number of anilines is 1. The Morgan fingerprint density at radius 3 is 2.31 bits per heavy atom. The van der Waals surface area contributed by atoms with Crippen molar-refractivity contribution in [1.82, 2.24) is 4.90 Å². The van der Waals surface area contributed by atoms with E-state index >= 15 is 0 Å². The van der Waals surface area contributed by atoms with Crippen LogP contribution >= 0.6 is 0 Å². The second-order valence-corrected chi connectivity index (χ2v) is 4.52. The molecule has 0 N–H and O–H groups in total. The molecule has 0 radical (unpaired) electrons. The van der Waals surface area contributed by atoms with Crippen molar-refractivity contribution in [2.75, 3.05) is 37.6 Å². The monoisotopic (exact) mass is 218 g/mol. The lowest BCUT2D eigenvalue weighted by Crippen LogP contribution is -2.46. The zero-order valence-electron chi connectivity index (χ0n) is 10.2. The van der Waals surface area contributed by atoms with Crippen LogP contribution in [-0.2, 0) is 0 Å². The van der Waals surface area contributed by atoms with Crippen LogP contribution in [0.15, 0.2) is 30.3 Å². The van der Waals surface area contributed by atoms with E-state index < -0.39 is 0 Å². The molecule has 0 aliphatic carbocycles. The molecule has 0 bridgehead atoms. The van der Waals surface area contributed by atoms with E-state index in [0.29, 0.717) is 0 Å². The molecule has 1 aliphatic rings. The summed E-state index contributed by atoms with van der Waals surface area (Å²) < 4.78 is 0. The molecule has 1 aliphatic heterocycles. The highest BCUT2D eigenvalue weighted by molar-refractivity contribution is 5.46. The molecule has 0 aromatic heterocycles. The first-order chi connectivity index (χ1) is 7.90. The Labute approximate surface area is 98.9 Å². The summed E-state index contributed by atoms with van der Waals surface area (Å²) in [6.07, 6.45) is 2.64. The summed E-state index contributed by atoms with van der Waals surface area (Å²) in [4.78, 5) is 5.07. The minimum Gasteiger partial charge on any atom is -0.369 e. The largest absolute Gasteiger partial charge is 0.369 e. The Balaban J connectivity index is 1.81. The quantitative estimate of drug-likeness (QED) is 0.766. The molecule has 2 rings (SSSR count). The van der Waals surface area contributed by atoms with Gasteiger partial charge in [-0.15, -0.1) is 0 Å². The highest BCUT2D eigenvalue weighted by Crippen LogP contribution is 2.15. The van der Waals surface area contributed by atoms with Crippen LogP contribution in [0.2, 0.25) is 0 Å². The summed E-state index contributed by atoms with van der Waals surface area (Å²) in [5, 5.41) is 0. The third kappa shape index (κ3) is 2.99. The molecule has 0 unspecified atom stereocenters. The molecule has 2 heteroatoms. The number of para-hydroxylation sites is 1. The SMILES string of the molecule is CCCCN1CCN(c2ccccc2)CC1. The third-order valence-electron chi connectivity index (χ3n) is 3.32. The van der Waals surface area contributed by atoms with Crippen LogP contribution in [0.25, 0.3) is 0 Å². The number of hydrogen-bond acceptors (Lipinski definition) is 2. The van der Waals surface area contributed by atoms with E-state index in [0.717, 1.165) is 0 Å². The predicted octanol–water partition coefficient (Wildman–Crippen LogP) is 2.61. The lowest BCUT2D eigenvalue weighted by Gasteiger charge is -2.36. The third-order valence-corrected chi connectivity index (χ3v) is 3.32. The fourth-order valence-corrected chi connectivity index (χ4v) is 2.25. The van der Waals surface area contributed by atoms with Crippen molar-refractivity contribution in [1.29, 1.82) is 0 Å². The molecule has 0 amide bonds.